The van der Waals surface area contributed by atoms with Gasteiger partial charge in [-0.15, -0.1) is 10.2 Å². The number of nitrogens with two attached hydrogens (primary N) is 1. The van der Waals surface area contributed by atoms with Crippen molar-refractivity contribution in [1.29, 1.82) is 0 Å². The first kappa shape index (κ1) is 18.1. The van der Waals surface area contributed by atoms with Gasteiger partial charge in [0.1, 0.15) is 5.75 Å². The van der Waals surface area contributed by atoms with Crippen molar-refractivity contribution in [3.8, 4) is 17.1 Å². The van der Waals surface area contributed by atoms with Gasteiger partial charge < -0.3 is 10.6 Å². The minimum atomic E-state index is -4.36. The van der Waals surface area contributed by atoms with Crippen LogP contribution in [0.3, 0.4) is 0 Å². The van der Waals surface area contributed by atoms with Crippen LogP contribution in [-0.2, 0) is 11.9 Å². The Morgan fingerprint density at radius 3 is 2.50 bits per heavy atom. The molecule has 9 heteroatoms. The van der Waals surface area contributed by atoms with Crippen LogP contribution in [0, 0.1) is 0 Å². The number of hydrogen-bond donors (Lipinski definition) is 1. The van der Waals surface area contributed by atoms with Crippen molar-refractivity contribution in [2.24, 2.45) is 0 Å². The molecule has 2 N–H and O–H groups in total. The molecule has 0 saturated carbocycles. The van der Waals surface area contributed by atoms with Crippen LogP contribution in [0.15, 0.2) is 53.7 Å². The topological polar surface area (TPSA) is 66.0 Å². The smallest absolute Gasteiger partial charge is 0.416 e. The molecule has 26 heavy (non-hydrogen) atoms. The Bertz CT molecular complexity index is 894. The molecule has 2 aromatic carbocycles. The first-order valence-corrected chi connectivity index (χ1v) is 8.51. The average molecular weight is 380 g/mol. The molecule has 0 fully saturated rings. The van der Waals surface area contributed by atoms with E-state index in [9.17, 15) is 13.2 Å². The lowest BCUT2D eigenvalue weighted by atomic mass is 10.1. The van der Waals surface area contributed by atoms with Crippen LogP contribution in [0.25, 0.3) is 11.4 Å². The summed E-state index contributed by atoms with van der Waals surface area (Å²) in [6.45, 7) is 0. The molecule has 1 heterocycles. The summed E-state index contributed by atoms with van der Waals surface area (Å²) in [5.74, 6) is 7.48. The van der Waals surface area contributed by atoms with Crippen LogP contribution in [0.1, 0.15) is 11.1 Å². The fourth-order valence-corrected chi connectivity index (χ4v) is 3.10. The summed E-state index contributed by atoms with van der Waals surface area (Å²) in [6, 6.07) is 12.3. The second-order valence-electron chi connectivity index (χ2n) is 5.39. The Balaban J connectivity index is 1.74. The first-order valence-electron chi connectivity index (χ1n) is 7.52. The molecule has 3 rings (SSSR count). The number of thioether (sulfide) groups is 1. The van der Waals surface area contributed by atoms with Crippen molar-refractivity contribution in [2.45, 2.75) is 17.1 Å². The maximum Gasteiger partial charge on any atom is 0.416 e. The molecule has 0 aliphatic rings. The Morgan fingerprint density at radius 2 is 1.85 bits per heavy atom. The zero-order chi connectivity index (χ0) is 18.7. The molecule has 0 atom stereocenters. The number of methoxy groups -OCH3 is 1. The van der Waals surface area contributed by atoms with E-state index < -0.39 is 11.7 Å². The van der Waals surface area contributed by atoms with E-state index in [0.717, 1.165) is 17.7 Å². The van der Waals surface area contributed by atoms with Gasteiger partial charge in [-0.25, -0.2) is 4.68 Å². The molecule has 0 saturated heterocycles. The highest BCUT2D eigenvalue weighted by atomic mass is 32.2. The predicted molar refractivity (Wildman–Crippen MR) is 93.2 cm³/mol. The molecule has 3 aromatic rings. The summed E-state index contributed by atoms with van der Waals surface area (Å²) in [5.41, 5.74) is 0.606. The van der Waals surface area contributed by atoms with Gasteiger partial charge >= 0.3 is 6.18 Å². The number of hydrogen-bond acceptors (Lipinski definition) is 5. The highest BCUT2D eigenvalue weighted by Crippen LogP contribution is 2.31. The Labute approximate surface area is 152 Å². The molecular formula is C17H15F3N4OS. The van der Waals surface area contributed by atoms with E-state index in [4.69, 9.17) is 10.6 Å². The van der Waals surface area contributed by atoms with Crippen molar-refractivity contribution in [2.75, 3.05) is 13.0 Å². The molecule has 0 aliphatic carbocycles. The quantitative estimate of drug-likeness (QED) is 0.536. The lowest BCUT2D eigenvalue weighted by Gasteiger charge is -2.08. The van der Waals surface area contributed by atoms with Gasteiger partial charge in [-0.3, -0.25) is 0 Å². The third-order valence-electron chi connectivity index (χ3n) is 3.63. The maximum absolute atomic E-state index is 12.8. The van der Waals surface area contributed by atoms with Crippen LogP contribution in [0.2, 0.25) is 0 Å². The summed E-state index contributed by atoms with van der Waals surface area (Å²) >= 11 is 1.21. The number of halogens is 3. The normalized spacial score (nSPS) is 11.5. The van der Waals surface area contributed by atoms with Crippen LogP contribution in [0.5, 0.6) is 5.75 Å². The van der Waals surface area contributed by atoms with Crippen LogP contribution >= 0.6 is 11.8 Å². The highest BCUT2D eigenvalue weighted by molar-refractivity contribution is 7.98. The number of benzene rings is 2. The third kappa shape index (κ3) is 3.93. The Kier molecular flexibility index (Phi) is 5.08. The van der Waals surface area contributed by atoms with Crippen molar-refractivity contribution in [1.82, 2.24) is 14.9 Å². The molecule has 0 radical (unpaired) electrons. The number of aromatic nitrogens is 3. The third-order valence-corrected chi connectivity index (χ3v) is 4.65. The second kappa shape index (κ2) is 7.28. The summed E-state index contributed by atoms with van der Waals surface area (Å²) in [4.78, 5) is 0. The van der Waals surface area contributed by atoms with Gasteiger partial charge in [0.05, 0.1) is 12.7 Å². The number of rotatable bonds is 5. The van der Waals surface area contributed by atoms with Crippen LogP contribution < -0.4 is 10.6 Å². The molecule has 136 valence electrons. The monoisotopic (exact) mass is 380 g/mol. The number of alkyl halides is 3. The lowest BCUT2D eigenvalue weighted by Crippen LogP contribution is -2.11. The largest absolute Gasteiger partial charge is 0.497 e. The highest BCUT2D eigenvalue weighted by Gasteiger charge is 2.30. The zero-order valence-electron chi connectivity index (χ0n) is 13.7. The standard InChI is InChI=1S/C17H15F3N4OS/c1-25-14-7-5-12(6-8-14)15-22-23-16(24(15)21)26-10-11-3-2-4-13(9-11)17(18,19)20/h2-9H,10,21H2,1H3. The maximum atomic E-state index is 12.8. The number of nitrogens with zero attached hydrogens (tertiary/aromatic N) is 3. The molecule has 1 aromatic heterocycles. The van der Waals surface area contributed by atoms with Crippen LogP contribution in [-0.4, -0.2) is 22.0 Å². The fraction of sp³-hybridized carbons (Fsp3) is 0.176. The summed E-state index contributed by atoms with van der Waals surface area (Å²) in [5, 5.41) is 8.49. The van der Waals surface area contributed by atoms with Crippen molar-refractivity contribution < 1.29 is 17.9 Å². The van der Waals surface area contributed by atoms with Gasteiger partial charge in [0, 0.05) is 11.3 Å². The van der Waals surface area contributed by atoms with Crippen LogP contribution in [0.4, 0.5) is 13.2 Å². The van der Waals surface area contributed by atoms with E-state index in [1.165, 1.54) is 22.5 Å². The molecule has 0 aliphatic heterocycles. The Hall–Kier alpha value is -2.68. The molecular weight excluding hydrogens is 365 g/mol. The SMILES string of the molecule is COc1ccc(-c2nnc(SCc3cccc(C(F)(F)F)c3)n2N)cc1. The van der Waals surface area contributed by atoms with E-state index in [1.807, 2.05) is 0 Å². The molecule has 5 nitrogen and oxygen atoms in total. The van der Waals surface area contributed by atoms with E-state index in [-0.39, 0.29) is 0 Å². The van der Waals surface area contributed by atoms with E-state index in [2.05, 4.69) is 10.2 Å². The fourth-order valence-electron chi connectivity index (χ4n) is 2.30. The second-order valence-corrected chi connectivity index (χ2v) is 6.33. The molecule has 0 unspecified atom stereocenters. The zero-order valence-corrected chi connectivity index (χ0v) is 14.5. The summed E-state index contributed by atoms with van der Waals surface area (Å²) in [6.07, 6.45) is -4.36. The van der Waals surface area contributed by atoms with Crippen molar-refractivity contribution >= 4 is 11.8 Å². The molecule has 0 bridgehead atoms. The van der Waals surface area contributed by atoms with Crippen molar-refractivity contribution in [3.05, 3.63) is 59.7 Å². The van der Waals surface area contributed by atoms with E-state index >= 15 is 0 Å². The number of nitrogen functional groups attached to an aromatic ring is 1. The summed E-state index contributed by atoms with van der Waals surface area (Å²) < 4.78 is 44.8. The Morgan fingerprint density at radius 1 is 1.12 bits per heavy atom. The number of ether oxygens (including phenoxy) is 1. The summed E-state index contributed by atoms with van der Waals surface area (Å²) in [7, 11) is 1.57. The molecule has 0 spiro atoms. The van der Waals surface area contributed by atoms with Crippen molar-refractivity contribution in [3.63, 3.8) is 0 Å². The van der Waals surface area contributed by atoms with E-state index in [0.29, 0.717) is 28.0 Å². The average Bonchev–Trinajstić information content (AvgIpc) is 3.00. The van der Waals surface area contributed by atoms with Gasteiger partial charge in [-0.1, -0.05) is 30.0 Å². The van der Waals surface area contributed by atoms with Gasteiger partial charge in [0.15, 0.2) is 5.82 Å². The van der Waals surface area contributed by atoms with E-state index in [1.54, 1.807) is 37.4 Å². The van der Waals surface area contributed by atoms with Gasteiger partial charge in [-0.2, -0.15) is 13.2 Å². The van der Waals surface area contributed by atoms with Gasteiger partial charge in [-0.05, 0) is 35.9 Å². The predicted octanol–water partition coefficient (Wildman–Crippen LogP) is 3.98. The van der Waals surface area contributed by atoms with Gasteiger partial charge in [0.2, 0.25) is 5.16 Å². The minimum absolute atomic E-state index is 0.294. The lowest BCUT2D eigenvalue weighted by molar-refractivity contribution is -0.137. The first-order chi connectivity index (χ1) is 12.4. The van der Waals surface area contributed by atoms with Gasteiger partial charge in [0.25, 0.3) is 0 Å². The minimum Gasteiger partial charge on any atom is -0.497 e. The molecule has 0 amide bonds.